The van der Waals surface area contributed by atoms with Crippen LogP contribution in [0.2, 0.25) is 0 Å². The second kappa shape index (κ2) is 10.3. The highest BCUT2D eigenvalue weighted by molar-refractivity contribution is 9.10. The molecule has 0 aliphatic carbocycles. The summed E-state index contributed by atoms with van der Waals surface area (Å²) >= 11 is 7.19. The minimum Gasteiger partial charge on any atom is -0.355 e. The van der Waals surface area contributed by atoms with E-state index in [1.807, 2.05) is 12.1 Å². The van der Waals surface area contributed by atoms with E-state index in [1.165, 1.54) is 11.1 Å². The second-order valence-electron chi connectivity index (χ2n) is 7.88. The Kier molecular flexibility index (Phi) is 6.79. The summed E-state index contributed by atoms with van der Waals surface area (Å²) < 4.78 is 2.09. The smallest absolute Gasteiger partial charge is 0.0540 e. The Morgan fingerprint density at radius 1 is 0.500 bits per heavy atom. The maximum absolute atomic E-state index is 3.65. The van der Waals surface area contributed by atoms with Gasteiger partial charge in [0.25, 0.3) is 0 Å². The van der Waals surface area contributed by atoms with E-state index in [-0.39, 0.29) is 0 Å². The third kappa shape index (κ3) is 5.09. The van der Waals surface area contributed by atoms with Crippen molar-refractivity contribution in [1.82, 2.24) is 0 Å². The fraction of sp³-hybridized carbons (Fsp3) is 0. The average molecular weight is 570 g/mol. The van der Waals surface area contributed by atoms with Gasteiger partial charge in [-0.1, -0.05) is 92.5 Å². The van der Waals surface area contributed by atoms with Crippen LogP contribution >= 0.6 is 31.9 Å². The molecule has 5 aromatic rings. The summed E-state index contributed by atoms with van der Waals surface area (Å²) in [6.45, 7) is 0. The monoisotopic (exact) mass is 568 g/mol. The zero-order valence-electron chi connectivity index (χ0n) is 18.3. The van der Waals surface area contributed by atoms with Gasteiger partial charge in [0.05, 0.1) is 5.69 Å². The van der Waals surface area contributed by atoms with E-state index >= 15 is 0 Å². The molecule has 0 spiro atoms. The van der Waals surface area contributed by atoms with Gasteiger partial charge in [-0.3, -0.25) is 0 Å². The Morgan fingerprint density at radius 2 is 1.18 bits per heavy atom. The molecule has 0 bridgehead atoms. The fourth-order valence-electron chi connectivity index (χ4n) is 4.00. The van der Waals surface area contributed by atoms with E-state index in [9.17, 15) is 0 Å². The normalized spacial score (nSPS) is 10.6. The summed E-state index contributed by atoms with van der Waals surface area (Å²) in [5.74, 6) is 0. The summed E-state index contributed by atoms with van der Waals surface area (Å²) in [7, 11) is 0. The number of nitrogens with one attached hydrogen (secondary N) is 1. The molecular formula is C30H22Br2N2. The molecule has 0 aliphatic rings. The van der Waals surface area contributed by atoms with Crippen molar-refractivity contribution in [3.8, 4) is 11.1 Å². The molecule has 34 heavy (non-hydrogen) atoms. The molecule has 0 aromatic heterocycles. The summed E-state index contributed by atoms with van der Waals surface area (Å²) in [4.78, 5) is 2.30. The van der Waals surface area contributed by atoms with Gasteiger partial charge in [0, 0.05) is 37.3 Å². The predicted molar refractivity (Wildman–Crippen MR) is 152 cm³/mol. The standard InChI is InChI=1S/C30H22Br2N2/c31-23-10-6-12-26(20-23)33-25-16-18-27(19-17-25)34(28-13-7-11-24(32)21-28)30-15-5-4-14-29(30)22-8-2-1-3-9-22/h1-21,33H. The zero-order chi connectivity index (χ0) is 23.3. The van der Waals surface area contributed by atoms with Crippen LogP contribution in [0.5, 0.6) is 0 Å². The lowest BCUT2D eigenvalue weighted by Crippen LogP contribution is -2.11. The van der Waals surface area contributed by atoms with E-state index in [0.29, 0.717) is 0 Å². The van der Waals surface area contributed by atoms with Gasteiger partial charge >= 0.3 is 0 Å². The molecule has 0 fully saturated rings. The van der Waals surface area contributed by atoms with Gasteiger partial charge in [-0.2, -0.15) is 0 Å². The van der Waals surface area contributed by atoms with Crippen LogP contribution < -0.4 is 10.2 Å². The highest BCUT2D eigenvalue weighted by Gasteiger charge is 2.17. The first-order chi connectivity index (χ1) is 16.7. The largest absolute Gasteiger partial charge is 0.355 e. The molecule has 0 atom stereocenters. The second-order valence-corrected chi connectivity index (χ2v) is 9.71. The van der Waals surface area contributed by atoms with Crippen molar-refractivity contribution >= 4 is 60.3 Å². The number of nitrogens with zero attached hydrogens (tertiary/aromatic N) is 1. The molecule has 1 N–H and O–H groups in total. The van der Waals surface area contributed by atoms with Crippen molar-refractivity contribution in [3.63, 3.8) is 0 Å². The SMILES string of the molecule is Brc1cccc(Nc2ccc(N(c3cccc(Br)c3)c3ccccc3-c3ccccc3)cc2)c1. The summed E-state index contributed by atoms with van der Waals surface area (Å²) in [5.41, 5.74) is 7.74. The van der Waals surface area contributed by atoms with Crippen molar-refractivity contribution in [2.75, 3.05) is 10.2 Å². The number of halogens is 2. The Bertz CT molecular complexity index is 1400. The Hall–Kier alpha value is -3.34. The van der Waals surface area contributed by atoms with Crippen LogP contribution in [0.1, 0.15) is 0 Å². The van der Waals surface area contributed by atoms with Gasteiger partial charge < -0.3 is 10.2 Å². The highest BCUT2D eigenvalue weighted by atomic mass is 79.9. The first-order valence-corrected chi connectivity index (χ1v) is 12.6. The number of benzene rings is 5. The van der Waals surface area contributed by atoms with Crippen molar-refractivity contribution in [2.24, 2.45) is 0 Å². The molecule has 5 aromatic carbocycles. The number of para-hydroxylation sites is 1. The lowest BCUT2D eigenvalue weighted by atomic mass is 10.0. The van der Waals surface area contributed by atoms with Crippen LogP contribution in [0.15, 0.2) is 136 Å². The Labute approximate surface area is 217 Å². The molecule has 0 aliphatic heterocycles. The molecule has 0 radical (unpaired) electrons. The minimum atomic E-state index is 1.03. The molecule has 0 amide bonds. The number of hydrogen-bond donors (Lipinski definition) is 1. The molecule has 4 heteroatoms. The molecule has 2 nitrogen and oxygen atoms in total. The zero-order valence-corrected chi connectivity index (χ0v) is 21.5. The fourth-order valence-corrected chi connectivity index (χ4v) is 4.79. The van der Waals surface area contributed by atoms with Crippen molar-refractivity contribution < 1.29 is 0 Å². The van der Waals surface area contributed by atoms with Crippen LogP contribution in [0.25, 0.3) is 11.1 Å². The first-order valence-electron chi connectivity index (χ1n) is 11.0. The van der Waals surface area contributed by atoms with Gasteiger partial charge in [-0.15, -0.1) is 0 Å². The van der Waals surface area contributed by atoms with Crippen molar-refractivity contribution in [2.45, 2.75) is 0 Å². The highest BCUT2D eigenvalue weighted by Crippen LogP contribution is 2.41. The molecule has 0 saturated carbocycles. The molecule has 5 rings (SSSR count). The Balaban J connectivity index is 1.58. The third-order valence-corrected chi connectivity index (χ3v) is 6.52. The number of hydrogen-bond acceptors (Lipinski definition) is 2. The van der Waals surface area contributed by atoms with Crippen LogP contribution in [0.4, 0.5) is 28.4 Å². The topological polar surface area (TPSA) is 15.3 Å². The van der Waals surface area contributed by atoms with E-state index in [2.05, 4.69) is 157 Å². The maximum atomic E-state index is 3.65. The van der Waals surface area contributed by atoms with Gasteiger partial charge in [0.15, 0.2) is 0 Å². The molecular weight excluding hydrogens is 548 g/mol. The van der Waals surface area contributed by atoms with Crippen LogP contribution in [-0.2, 0) is 0 Å². The van der Waals surface area contributed by atoms with Crippen LogP contribution in [0.3, 0.4) is 0 Å². The summed E-state index contributed by atoms with van der Waals surface area (Å²) in [6.07, 6.45) is 0. The van der Waals surface area contributed by atoms with Crippen LogP contribution in [-0.4, -0.2) is 0 Å². The lowest BCUT2D eigenvalue weighted by Gasteiger charge is -2.28. The third-order valence-electron chi connectivity index (χ3n) is 5.53. The minimum absolute atomic E-state index is 1.03. The van der Waals surface area contributed by atoms with Crippen molar-refractivity contribution in [3.05, 3.63) is 136 Å². The quantitative estimate of drug-likeness (QED) is 0.219. The van der Waals surface area contributed by atoms with E-state index < -0.39 is 0 Å². The Morgan fingerprint density at radius 3 is 1.91 bits per heavy atom. The molecule has 0 saturated heterocycles. The summed E-state index contributed by atoms with van der Waals surface area (Å²) in [6, 6.07) is 44.2. The maximum Gasteiger partial charge on any atom is 0.0540 e. The van der Waals surface area contributed by atoms with E-state index in [0.717, 1.165) is 37.4 Å². The molecule has 0 unspecified atom stereocenters. The van der Waals surface area contributed by atoms with E-state index in [1.54, 1.807) is 0 Å². The average Bonchev–Trinajstić information content (AvgIpc) is 2.86. The molecule has 0 heterocycles. The predicted octanol–water partition coefficient (Wildman–Crippen LogP) is 10.1. The summed E-state index contributed by atoms with van der Waals surface area (Å²) in [5, 5.41) is 3.48. The van der Waals surface area contributed by atoms with Gasteiger partial charge in [-0.05, 0) is 72.3 Å². The lowest BCUT2D eigenvalue weighted by molar-refractivity contribution is 1.28. The van der Waals surface area contributed by atoms with Crippen LogP contribution in [0, 0.1) is 0 Å². The first kappa shape index (κ1) is 22.5. The van der Waals surface area contributed by atoms with Gasteiger partial charge in [-0.25, -0.2) is 0 Å². The number of rotatable bonds is 6. The van der Waals surface area contributed by atoms with E-state index in [4.69, 9.17) is 0 Å². The molecule has 166 valence electrons. The van der Waals surface area contributed by atoms with Gasteiger partial charge in [0.1, 0.15) is 0 Å². The van der Waals surface area contributed by atoms with Crippen molar-refractivity contribution in [1.29, 1.82) is 0 Å². The van der Waals surface area contributed by atoms with Gasteiger partial charge in [0.2, 0.25) is 0 Å². The number of anilines is 5.